The second-order valence-corrected chi connectivity index (χ2v) is 7.69. The summed E-state index contributed by atoms with van der Waals surface area (Å²) >= 11 is 0. The Bertz CT molecular complexity index is 822. The molecule has 0 heterocycles. The molecule has 142 valence electrons. The average Bonchev–Trinajstić information content (AvgIpc) is 2.67. The Balaban J connectivity index is 1.67. The van der Waals surface area contributed by atoms with Gasteiger partial charge in [0.15, 0.2) is 0 Å². The summed E-state index contributed by atoms with van der Waals surface area (Å²) in [5, 5.41) is 10.7. The molecule has 27 heavy (non-hydrogen) atoms. The van der Waals surface area contributed by atoms with Gasteiger partial charge in [-0.3, -0.25) is 10.2 Å². The van der Waals surface area contributed by atoms with E-state index in [4.69, 9.17) is 11.1 Å². The van der Waals surface area contributed by atoms with Crippen LogP contribution in [0.4, 0.5) is 0 Å². The molecular weight excluding hydrogens is 334 g/mol. The molecule has 0 radical (unpaired) electrons. The third-order valence-electron chi connectivity index (χ3n) is 5.33. The minimum atomic E-state index is 0.0692. The van der Waals surface area contributed by atoms with Gasteiger partial charge in [0.25, 0.3) is 0 Å². The molecule has 0 spiro atoms. The number of nitrogens with two attached hydrogens (primary N) is 1. The number of hydrogen-bond donors (Lipinski definition) is 3. The number of rotatable bonds is 6. The third kappa shape index (κ3) is 5.43. The SMILES string of the molecule is Cc1cc(CNC(=O)CC2CCCCC2)cc(-c2cccc(C(=N)N)c2)c1. The second kappa shape index (κ2) is 8.85. The molecule has 3 rings (SSSR count). The summed E-state index contributed by atoms with van der Waals surface area (Å²) in [6, 6.07) is 14.0. The van der Waals surface area contributed by atoms with Crippen LogP contribution in [0.2, 0.25) is 0 Å². The standard InChI is InChI=1S/C23H29N3O/c1-16-10-18(15-26-22(27)13-17-6-3-2-4-7-17)12-21(11-16)19-8-5-9-20(14-19)23(24)25/h5,8-12,14,17H,2-4,6-7,13,15H2,1H3,(H3,24,25)(H,26,27). The van der Waals surface area contributed by atoms with Crippen molar-refractivity contribution in [3.63, 3.8) is 0 Å². The smallest absolute Gasteiger partial charge is 0.220 e. The maximum absolute atomic E-state index is 12.3. The van der Waals surface area contributed by atoms with Crippen LogP contribution in [0.1, 0.15) is 55.2 Å². The van der Waals surface area contributed by atoms with E-state index in [-0.39, 0.29) is 11.7 Å². The lowest BCUT2D eigenvalue weighted by Gasteiger charge is -2.20. The summed E-state index contributed by atoms with van der Waals surface area (Å²) in [6.07, 6.45) is 6.87. The summed E-state index contributed by atoms with van der Waals surface area (Å²) < 4.78 is 0. The first kappa shape index (κ1) is 19.2. The predicted octanol–water partition coefficient (Wildman–Crippen LogP) is 4.53. The fourth-order valence-electron chi connectivity index (χ4n) is 3.92. The number of carbonyl (C=O) groups excluding carboxylic acids is 1. The van der Waals surface area contributed by atoms with E-state index in [0.717, 1.165) is 27.8 Å². The van der Waals surface area contributed by atoms with Crippen LogP contribution in [0.15, 0.2) is 42.5 Å². The molecule has 1 amide bonds. The van der Waals surface area contributed by atoms with Gasteiger partial charge in [-0.05, 0) is 54.5 Å². The highest BCUT2D eigenvalue weighted by molar-refractivity contribution is 5.96. The first-order valence-corrected chi connectivity index (χ1v) is 9.83. The van der Waals surface area contributed by atoms with E-state index in [0.29, 0.717) is 18.9 Å². The van der Waals surface area contributed by atoms with Crippen molar-refractivity contribution < 1.29 is 4.79 Å². The molecule has 4 N–H and O–H groups in total. The van der Waals surface area contributed by atoms with Crippen molar-refractivity contribution >= 4 is 11.7 Å². The van der Waals surface area contributed by atoms with Gasteiger partial charge in [0, 0.05) is 18.5 Å². The zero-order chi connectivity index (χ0) is 19.2. The molecule has 0 aliphatic heterocycles. The van der Waals surface area contributed by atoms with E-state index in [9.17, 15) is 4.79 Å². The van der Waals surface area contributed by atoms with Gasteiger partial charge in [0.05, 0.1) is 0 Å². The Morgan fingerprint density at radius 3 is 2.63 bits per heavy atom. The number of aryl methyl sites for hydroxylation is 1. The van der Waals surface area contributed by atoms with E-state index in [1.807, 2.05) is 24.3 Å². The number of nitrogen functional groups attached to an aromatic ring is 1. The van der Waals surface area contributed by atoms with Crippen LogP contribution in [-0.2, 0) is 11.3 Å². The Kier molecular flexibility index (Phi) is 6.28. The van der Waals surface area contributed by atoms with Crippen molar-refractivity contribution in [2.24, 2.45) is 11.7 Å². The van der Waals surface area contributed by atoms with E-state index >= 15 is 0 Å². The predicted molar refractivity (Wildman–Crippen MR) is 111 cm³/mol. The van der Waals surface area contributed by atoms with E-state index in [1.165, 1.54) is 32.1 Å². The molecular formula is C23H29N3O. The van der Waals surface area contributed by atoms with E-state index in [2.05, 4.69) is 30.4 Å². The quantitative estimate of drug-likeness (QED) is 0.521. The summed E-state index contributed by atoms with van der Waals surface area (Å²) in [5.74, 6) is 0.782. The summed E-state index contributed by atoms with van der Waals surface area (Å²) in [5.41, 5.74) is 10.7. The topological polar surface area (TPSA) is 79.0 Å². The lowest BCUT2D eigenvalue weighted by atomic mass is 9.87. The van der Waals surface area contributed by atoms with Gasteiger partial charge in [0.1, 0.15) is 5.84 Å². The van der Waals surface area contributed by atoms with Gasteiger partial charge >= 0.3 is 0 Å². The molecule has 0 aromatic heterocycles. The van der Waals surface area contributed by atoms with Gasteiger partial charge in [0.2, 0.25) is 5.91 Å². The molecule has 2 aromatic carbocycles. The van der Waals surface area contributed by atoms with Crippen LogP contribution in [0.25, 0.3) is 11.1 Å². The first-order valence-electron chi connectivity index (χ1n) is 9.83. The van der Waals surface area contributed by atoms with Crippen LogP contribution in [0.3, 0.4) is 0 Å². The molecule has 1 fully saturated rings. The highest BCUT2D eigenvalue weighted by Crippen LogP contribution is 2.26. The zero-order valence-electron chi connectivity index (χ0n) is 16.1. The highest BCUT2D eigenvalue weighted by Gasteiger charge is 2.16. The largest absolute Gasteiger partial charge is 0.384 e. The van der Waals surface area contributed by atoms with Crippen molar-refractivity contribution in [1.82, 2.24) is 5.32 Å². The minimum Gasteiger partial charge on any atom is -0.384 e. The molecule has 1 aliphatic carbocycles. The van der Waals surface area contributed by atoms with Crippen LogP contribution >= 0.6 is 0 Å². The number of nitrogens with one attached hydrogen (secondary N) is 2. The summed E-state index contributed by atoms with van der Waals surface area (Å²) in [7, 11) is 0. The van der Waals surface area contributed by atoms with Gasteiger partial charge in [-0.15, -0.1) is 0 Å². The fraction of sp³-hybridized carbons (Fsp3) is 0.391. The lowest BCUT2D eigenvalue weighted by Crippen LogP contribution is -2.25. The van der Waals surface area contributed by atoms with Crippen LogP contribution in [0.5, 0.6) is 0 Å². The molecule has 4 nitrogen and oxygen atoms in total. The molecule has 2 aromatic rings. The second-order valence-electron chi connectivity index (χ2n) is 7.69. The van der Waals surface area contributed by atoms with Crippen molar-refractivity contribution in [3.8, 4) is 11.1 Å². The van der Waals surface area contributed by atoms with Crippen LogP contribution in [0, 0.1) is 18.3 Å². The van der Waals surface area contributed by atoms with Crippen LogP contribution < -0.4 is 11.1 Å². The third-order valence-corrected chi connectivity index (χ3v) is 5.33. The van der Waals surface area contributed by atoms with Crippen molar-refractivity contribution in [3.05, 3.63) is 59.2 Å². The van der Waals surface area contributed by atoms with Gasteiger partial charge in [-0.2, -0.15) is 0 Å². The minimum absolute atomic E-state index is 0.0692. The van der Waals surface area contributed by atoms with Gasteiger partial charge < -0.3 is 11.1 Å². The molecule has 0 unspecified atom stereocenters. The monoisotopic (exact) mass is 363 g/mol. The zero-order valence-corrected chi connectivity index (χ0v) is 16.1. The Morgan fingerprint density at radius 2 is 1.89 bits per heavy atom. The van der Waals surface area contributed by atoms with Gasteiger partial charge in [-0.1, -0.05) is 55.2 Å². The van der Waals surface area contributed by atoms with E-state index in [1.54, 1.807) is 0 Å². The Morgan fingerprint density at radius 1 is 1.11 bits per heavy atom. The molecule has 0 atom stereocenters. The molecule has 0 bridgehead atoms. The normalized spacial score (nSPS) is 14.7. The first-order chi connectivity index (χ1) is 13.0. The molecule has 1 saturated carbocycles. The number of benzene rings is 2. The summed E-state index contributed by atoms with van der Waals surface area (Å²) in [6.45, 7) is 2.61. The maximum Gasteiger partial charge on any atom is 0.220 e. The molecule has 0 saturated heterocycles. The Hall–Kier alpha value is -2.62. The molecule has 1 aliphatic rings. The maximum atomic E-state index is 12.3. The number of amides is 1. The fourth-order valence-corrected chi connectivity index (χ4v) is 3.92. The molecule has 4 heteroatoms. The van der Waals surface area contributed by atoms with Crippen LogP contribution in [-0.4, -0.2) is 11.7 Å². The van der Waals surface area contributed by atoms with Crippen molar-refractivity contribution in [2.75, 3.05) is 0 Å². The number of hydrogen-bond acceptors (Lipinski definition) is 2. The number of carbonyl (C=O) groups is 1. The average molecular weight is 364 g/mol. The van der Waals surface area contributed by atoms with Crippen molar-refractivity contribution in [1.29, 1.82) is 5.41 Å². The number of amidine groups is 1. The highest BCUT2D eigenvalue weighted by atomic mass is 16.1. The lowest BCUT2D eigenvalue weighted by molar-refractivity contribution is -0.122. The Labute approximate surface area is 161 Å². The summed E-state index contributed by atoms with van der Waals surface area (Å²) in [4.78, 5) is 12.3. The van der Waals surface area contributed by atoms with E-state index < -0.39 is 0 Å². The van der Waals surface area contributed by atoms with Gasteiger partial charge in [-0.25, -0.2) is 0 Å². The van der Waals surface area contributed by atoms with Crippen molar-refractivity contribution in [2.45, 2.75) is 52.0 Å².